The van der Waals surface area contributed by atoms with Crippen LogP contribution >= 0.6 is 0 Å². The maximum absolute atomic E-state index is 12.0. The van der Waals surface area contributed by atoms with Crippen molar-refractivity contribution in [3.8, 4) is 5.75 Å². The highest BCUT2D eigenvalue weighted by Gasteiger charge is 2.12. The Bertz CT molecular complexity index is 771. The van der Waals surface area contributed by atoms with Crippen LogP contribution in [0.4, 0.5) is 5.82 Å². The lowest BCUT2D eigenvalue weighted by molar-refractivity contribution is -0.118. The van der Waals surface area contributed by atoms with E-state index in [1.807, 2.05) is 17.6 Å². The summed E-state index contributed by atoms with van der Waals surface area (Å²) < 4.78 is 12.3. The molecule has 1 amide bonds. The molecule has 0 aromatic carbocycles. The van der Waals surface area contributed by atoms with Crippen LogP contribution in [0.1, 0.15) is 11.3 Å². The van der Waals surface area contributed by atoms with Gasteiger partial charge in [0.25, 0.3) is 5.91 Å². The molecule has 2 heterocycles. The van der Waals surface area contributed by atoms with Crippen molar-refractivity contribution in [1.82, 2.24) is 9.55 Å². The van der Waals surface area contributed by atoms with Gasteiger partial charge in [-0.15, -0.1) is 0 Å². The van der Waals surface area contributed by atoms with Crippen LogP contribution in [-0.2, 0) is 16.1 Å². The summed E-state index contributed by atoms with van der Waals surface area (Å²) in [6.07, 6.45) is 3.28. The Hall–Kier alpha value is -2.67. The van der Waals surface area contributed by atoms with Gasteiger partial charge in [0.2, 0.25) is 5.43 Å². The summed E-state index contributed by atoms with van der Waals surface area (Å²) in [6, 6.07) is 5.05. The second-order valence-electron chi connectivity index (χ2n) is 5.29. The maximum Gasteiger partial charge on any atom is 0.263 e. The van der Waals surface area contributed by atoms with Crippen molar-refractivity contribution in [2.45, 2.75) is 20.4 Å². The van der Waals surface area contributed by atoms with E-state index < -0.39 is 0 Å². The summed E-state index contributed by atoms with van der Waals surface area (Å²) in [5, 5.41) is 2.66. The predicted molar refractivity (Wildman–Crippen MR) is 90.4 cm³/mol. The third-order valence-corrected chi connectivity index (χ3v) is 3.54. The van der Waals surface area contributed by atoms with Crippen LogP contribution in [0.15, 0.2) is 35.4 Å². The van der Waals surface area contributed by atoms with Gasteiger partial charge in [-0.25, -0.2) is 4.98 Å². The van der Waals surface area contributed by atoms with E-state index in [0.717, 1.165) is 5.56 Å². The number of carbonyl (C=O) groups excluding carboxylic acids is 1. The number of ether oxygens (including phenoxy) is 2. The van der Waals surface area contributed by atoms with Gasteiger partial charge >= 0.3 is 0 Å². The minimum atomic E-state index is -0.372. The average molecular weight is 331 g/mol. The number of methoxy groups -OCH3 is 1. The molecule has 24 heavy (non-hydrogen) atoms. The zero-order valence-corrected chi connectivity index (χ0v) is 14.0. The summed E-state index contributed by atoms with van der Waals surface area (Å²) in [5.74, 6) is 0.276. The number of hydrogen-bond donors (Lipinski definition) is 1. The van der Waals surface area contributed by atoms with E-state index in [9.17, 15) is 9.59 Å². The fourth-order valence-corrected chi connectivity index (χ4v) is 2.18. The van der Waals surface area contributed by atoms with Crippen LogP contribution < -0.4 is 15.5 Å². The Kier molecular flexibility index (Phi) is 6.08. The number of hydrogen-bond acceptors (Lipinski definition) is 5. The minimum Gasteiger partial charge on any atom is -0.478 e. The third-order valence-electron chi connectivity index (χ3n) is 3.54. The summed E-state index contributed by atoms with van der Waals surface area (Å²) in [5.41, 5.74) is 1.24. The number of amides is 1. The molecule has 0 atom stereocenters. The van der Waals surface area contributed by atoms with Crippen molar-refractivity contribution < 1.29 is 14.3 Å². The number of pyridine rings is 2. The predicted octanol–water partition coefficient (Wildman–Crippen LogP) is 1.52. The number of aromatic nitrogens is 2. The number of anilines is 1. The number of nitrogens with one attached hydrogen (secondary N) is 1. The molecule has 0 aliphatic carbocycles. The van der Waals surface area contributed by atoms with Crippen molar-refractivity contribution in [1.29, 1.82) is 0 Å². The van der Waals surface area contributed by atoms with Crippen LogP contribution in [0.3, 0.4) is 0 Å². The van der Waals surface area contributed by atoms with E-state index in [2.05, 4.69) is 10.3 Å². The highest BCUT2D eigenvalue weighted by atomic mass is 16.5. The summed E-state index contributed by atoms with van der Waals surface area (Å²) in [7, 11) is 1.61. The minimum absolute atomic E-state index is 0.168. The molecule has 7 nitrogen and oxygen atoms in total. The molecule has 0 aliphatic rings. The quantitative estimate of drug-likeness (QED) is 0.832. The number of nitrogens with zero attached hydrogens (tertiary/aromatic N) is 2. The molecule has 0 aliphatic heterocycles. The van der Waals surface area contributed by atoms with Gasteiger partial charge in [-0.3, -0.25) is 9.59 Å². The molecule has 2 aromatic heterocycles. The molecule has 0 bridgehead atoms. The Morgan fingerprint density at radius 2 is 2.12 bits per heavy atom. The van der Waals surface area contributed by atoms with E-state index in [0.29, 0.717) is 24.7 Å². The first kappa shape index (κ1) is 17.7. The van der Waals surface area contributed by atoms with Gasteiger partial charge in [0, 0.05) is 32.1 Å². The Morgan fingerprint density at radius 1 is 1.33 bits per heavy atom. The maximum atomic E-state index is 12.0. The third kappa shape index (κ3) is 4.42. The first-order valence-corrected chi connectivity index (χ1v) is 7.56. The van der Waals surface area contributed by atoms with Gasteiger partial charge in [-0.1, -0.05) is 6.07 Å². The van der Waals surface area contributed by atoms with Crippen LogP contribution in [0, 0.1) is 13.8 Å². The van der Waals surface area contributed by atoms with Crippen molar-refractivity contribution in [2.75, 3.05) is 25.6 Å². The average Bonchev–Trinajstić information content (AvgIpc) is 2.56. The molecule has 0 saturated carbocycles. The second-order valence-corrected chi connectivity index (χ2v) is 5.29. The highest BCUT2D eigenvalue weighted by Crippen LogP contribution is 2.13. The summed E-state index contributed by atoms with van der Waals surface area (Å²) in [6.45, 7) is 4.47. The monoisotopic (exact) mass is 331 g/mol. The van der Waals surface area contributed by atoms with Crippen LogP contribution in [-0.4, -0.2) is 35.8 Å². The number of rotatable bonds is 7. The SMILES string of the molecule is COCCn1ccc(=O)c(OCC(=O)Nc2ncccc2C)c1C. The summed E-state index contributed by atoms with van der Waals surface area (Å²) >= 11 is 0. The van der Waals surface area contributed by atoms with Gasteiger partial charge in [-0.05, 0) is 25.5 Å². The van der Waals surface area contributed by atoms with E-state index in [1.165, 1.54) is 6.07 Å². The fraction of sp³-hybridized carbons (Fsp3) is 0.353. The van der Waals surface area contributed by atoms with Crippen molar-refractivity contribution in [2.24, 2.45) is 0 Å². The molecule has 0 unspecified atom stereocenters. The lowest BCUT2D eigenvalue weighted by atomic mass is 10.3. The van der Waals surface area contributed by atoms with Crippen molar-refractivity contribution in [3.05, 3.63) is 52.1 Å². The number of carbonyl (C=O) groups is 1. The second kappa shape index (κ2) is 8.26. The lowest BCUT2D eigenvalue weighted by Crippen LogP contribution is -2.24. The Labute approximate surface area is 140 Å². The van der Waals surface area contributed by atoms with E-state index in [-0.39, 0.29) is 23.7 Å². The van der Waals surface area contributed by atoms with Crippen molar-refractivity contribution >= 4 is 11.7 Å². The van der Waals surface area contributed by atoms with E-state index in [4.69, 9.17) is 9.47 Å². The fourth-order valence-electron chi connectivity index (χ4n) is 2.18. The number of aryl methyl sites for hydroxylation is 1. The van der Waals surface area contributed by atoms with Gasteiger partial charge in [0.15, 0.2) is 12.4 Å². The van der Waals surface area contributed by atoms with E-state index in [1.54, 1.807) is 32.5 Å². The van der Waals surface area contributed by atoms with Crippen molar-refractivity contribution in [3.63, 3.8) is 0 Å². The van der Waals surface area contributed by atoms with Crippen LogP contribution in [0.25, 0.3) is 0 Å². The molecule has 1 N–H and O–H groups in total. The summed E-state index contributed by atoms with van der Waals surface area (Å²) in [4.78, 5) is 28.1. The van der Waals surface area contributed by atoms with Gasteiger partial charge in [0.1, 0.15) is 5.82 Å². The van der Waals surface area contributed by atoms with E-state index >= 15 is 0 Å². The lowest BCUT2D eigenvalue weighted by Gasteiger charge is -2.14. The van der Waals surface area contributed by atoms with Gasteiger partial charge < -0.3 is 19.4 Å². The van der Waals surface area contributed by atoms with Crippen LogP contribution in [0.2, 0.25) is 0 Å². The molecule has 2 aromatic rings. The molecule has 0 fully saturated rings. The molecule has 0 saturated heterocycles. The Morgan fingerprint density at radius 3 is 2.83 bits per heavy atom. The molecular formula is C17H21N3O4. The highest BCUT2D eigenvalue weighted by molar-refractivity contribution is 5.91. The zero-order chi connectivity index (χ0) is 17.5. The molecule has 0 radical (unpaired) electrons. The molecular weight excluding hydrogens is 310 g/mol. The molecule has 7 heteroatoms. The molecule has 0 spiro atoms. The van der Waals surface area contributed by atoms with Gasteiger partial charge in [0.05, 0.1) is 12.3 Å². The zero-order valence-electron chi connectivity index (χ0n) is 14.0. The molecule has 2 rings (SSSR count). The topological polar surface area (TPSA) is 82.5 Å². The largest absolute Gasteiger partial charge is 0.478 e. The smallest absolute Gasteiger partial charge is 0.263 e. The first-order valence-electron chi connectivity index (χ1n) is 7.56. The standard InChI is InChI=1S/C17H21N3O4/c1-12-5-4-7-18-17(12)19-15(22)11-24-16-13(2)20(9-10-23-3)8-6-14(16)21/h4-8H,9-11H2,1-3H3,(H,18,19,22). The normalized spacial score (nSPS) is 10.5. The first-order chi connectivity index (χ1) is 11.5. The van der Waals surface area contributed by atoms with Gasteiger partial charge in [-0.2, -0.15) is 0 Å². The van der Waals surface area contributed by atoms with Crippen LogP contribution in [0.5, 0.6) is 5.75 Å². The molecule has 128 valence electrons. The Balaban J connectivity index is 2.04.